The van der Waals surface area contributed by atoms with Crippen LogP contribution in [0.4, 0.5) is 0 Å². The van der Waals surface area contributed by atoms with E-state index in [-0.39, 0.29) is 0 Å². The Hall–Kier alpha value is -1.65. The Morgan fingerprint density at radius 1 is 1.19 bits per heavy atom. The first kappa shape index (κ1) is 14.3. The standard InChI is InChI=1S/C16H12BrClN2O/c17-11-6-7-13-12(9-11)15(18)16(19-13)14(20-21)8-10-4-2-1-3-5-10/h1-7,9,14,19H,8H2. The molecule has 0 saturated heterocycles. The lowest BCUT2D eigenvalue weighted by Gasteiger charge is -2.08. The zero-order valence-electron chi connectivity index (χ0n) is 11.0. The summed E-state index contributed by atoms with van der Waals surface area (Å²) in [4.78, 5) is 14.5. The highest BCUT2D eigenvalue weighted by Crippen LogP contribution is 2.35. The van der Waals surface area contributed by atoms with Crippen molar-refractivity contribution in [2.45, 2.75) is 12.5 Å². The highest BCUT2D eigenvalue weighted by molar-refractivity contribution is 9.10. The van der Waals surface area contributed by atoms with Gasteiger partial charge in [-0.1, -0.05) is 63.0 Å². The molecule has 0 fully saturated rings. The van der Waals surface area contributed by atoms with Crippen LogP contribution in [-0.2, 0) is 6.42 Å². The molecule has 2 aromatic carbocycles. The van der Waals surface area contributed by atoms with E-state index < -0.39 is 6.04 Å². The van der Waals surface area contributed by atoms with Crippen LogP contribution in [0.3, 0.4) is 0 Å². The highest BCUT2D eigenvalue weighted by atomic mass is 79.9. The molecule has 0 amide bonds. The lowest BCUT2D eigenvalue weighted by molar-refractivity contribution is 0.700. The molecule has 1 aromatic heterocycles. The predicted octanol–water partition coefficient (Wildman–Crippen LogP) is 5.63. The number of aromatic nitrogens is 1. The van der Waals surface area contributed by atoms with Gasteiger partial charge in [0.1, 0.15) is 6.04 Å². The summed E-state index contributed by atoms with van der Waals surface area (Å²) in [5.74, 6) is 0. The summed E-state index contributed by atoms with van der Waals surface area (Å²) in [6, 6.07) is 15.1. The van der Waals surface area contributed by atoms with Crippen LogP contribution in [0.15, 0.2) is 58.2 Å². The maximum Gasteiger partial charge on any atom is 0.137 e. The number of halogens is 2. The van der Waals surface area contributed by atoms with Gasteiger partial charge in [-0.2, -0.15) is 4.91 Å². The van der Waals surface area contributed by atoms with Gasteiger partial charge in [-0.25, -0.2) is 0 Å². The summed E-state index contributed by atoms with van der Waals surface area (Å²) in [6.07, 6.45) is 0.526. The van der Waals surface area contributed by atoms with E-state index in [4.69, 9.17) is 11.6 Å². The third-order valence-corrected chi connectivity index (χ3v) is 4.36. The number of nitroso groups, excluding NO2 is 1. The van der Waals surface area contributed by atoms with Gasteiger partial charge in [0, 0.05) is 21.8 Å². The molecule has 0 aliphatic carbocycles. The summed E-state index contributed by atoms with van der Waals surface area (Å²) >= 11 is 9.84. The number of hydrogen-bond donors (Lipinski definition) is 1. The van der Waals surface area contributed by atoms with Gasteiger partial charge in [0.25, 0.3) is 0 Å². The minimum absolute atomic E-state index is 0.522. The molecule has 0 spiro atoms. The van der Waals surface area contributed by atoms with Crippen LogP contribution < -0.4 is 0 Å². The van der Waals surface area contributed by atoms with Crippen LogP contribution in [0, 0.1) is 4.91 Å². The van der Waals surface area contributed by atoms with Gasteiger partial charge in [0.2, 0.25) is 0 Å². The molecule has 1 N–H and O–H groups in total. The molecule has 0 radical (unpaired) electrons. The summed E-state index contributed by atoms with van der Waals surface area (Å²) in [7, 11) is 0. The van der Waals surface area contributed by atoms with E-state index in [2.05, 4.69) is 26.1 Å². The Bertz CT molecular complexity index is 786. The van der Waals surface area contributed by atoms with E-state index in [1.54, 1.807) is 0 Å². The first-order chi connectivity index (χ1) is 10.2. The van der Waals surface area contributed by atoms with E-state index >= 15 is 0 Å². The van der Waals surface area contributed by atoms with Crippen molar-refractivity contribution in [2.75, 3.05) is 0 Å². The SMILES string of the molecule is O=NC(Cc1ccccc1)c1[nH]c2ccc(Br)cc2c1Cl. The van der Waals surface area contributed by atoms with Crippen LogP contribution in [0.5, 0.6) is 0 Å². The predicted molar refractivity (Wildman–Crippen MR) is 89.7 cm³/mol. The normalized spacial score (nSPS) is 12.5. The maximum absolute atomic E-state index is 11.3. The fraction of sp³-hybridized carbons (Fsp3) is 0.125. The number of rotatable bonds is 4. The van der Waals surface area contributed by atoms with Gasteiger partial charge in [0.05, 0.1) is 10.7 Å². The molecule has 0 bridgehead atoms. The molecule has 0 aliphatic rings. The van der Waals surface area contributed by atoms with Gasteiger partial charge >= 0.3 is 0 Å². The van der Waals surface area contributed by atoms with Crippen molar-refractivity contribution in [2.24, 2.45) is 5.18 Å². The number of hydrogen-bond acceptors (Lipinski definition) is 2. The van der Waals surface area contributed by atoms with E-state index in [1.807, 2.05) is 48.5 Å². The molecule has 106 valence electrons. The first-order valence-corrected chi connectivity index (χ1v) is 7.69. The van der Waals surface area contributed by atoms with E-state index in [1.165, 1.54) is 0 Å². The van der Waals surface area contributed by atoms with Crippen molar-refractivity contribution < 1.29 is 0 Å². The number of benzene rings is 2. The Kier molecular flexibility index (Phi) is 4.08. The van der Waals surface area contributed by atoms with Crippen molar-refractivity contribution in [3.8, 4) is 0 Å². The van der Waals surface area contributed by atoms with Crippen LogP contribution in [0.2, 0.25) is 5.02 Å². The molecule has 5 heteroatoms. The zero-order valence-corrected chi connectivity index (χ0v) is 13.4. The monoisotopic (exact) mass is 362 g/mol. The van der Waals surface area contributed by atoms with Gasteiger partial charge in [-0.3, -0.25) is 0 Å². The minimum Gasteiger partial charge on any atom is -0.355 e. The third kappa shape index (κ3) is 2.87. The van der Waals surface area contributed by atoms with Crippen molar-refractivity contribution in [1.82, 2.24) is 4.98 Å². The molecule has 1 atom stereocenters. The van der Waals surface area contributed by atoms with Crippen molar-refractivity contribution in [1.29, 1.82) is 0 Å². The van der Waals surface area contributed by atoms with Crippen molar-refractivity contribution >= 4 is 38.4 Å². The van der Waals surface area contributed by atoms with Crippen LogP contribution in [0.1, 0.15) is 17.3 Å². The Labute approximate surface area is 135 Å². The lowest BCUT2D eigenvalue weighted by atomic mass is 10.0. The largest absolute Gasteiger partial charge is 0.355 e. The number of aromatic amines is 1. The topological polar surface area (TPSA) is 45.2 Å². The molecular formula is C16H12BrClN2O. The van der Waals surface area contributed by atoms with Gasteiger partial charge in [-0.15, -0.1) is 0 Å². The van der Waals surface area contributed by atoms with Gasteiger partial charge in [-0.05, 0) is 23.8 Å². The molecule has 0 saturated carbocycles. The quantitative estimate of drug-likeness (QED) is 0.599. The van der Waals surface area contributed by atoms with Crippen LogP contribution >= 0.6 is 27.5 Å². The van der Waals surface area contributed by atoms with E-state index in [0.717, 1.165) is 20.9 Å². The fourth-order valence-electron chi connectivity index (χ4n) is 2.41. The van der Waals surface area contributed by atoms with E-state index in [0.29, 0.717) is 17.1 Å². The van der Waals surface area contributed by atoms with Crippen molar-refractivity contribution in [3.63, 3.8) is 0 Å². The summed E-state index contributed by atoms with van der Waals surface area (Å²) in [6.45, 7) is 0. The average Bonchev–Trinajstić information content (AvgIpc) is 2.83. The summed E-state index contributed by atoms with van der Waals surface area (Å²) in [5.41, 5.74) is 2.63. The molecule has 3 nitrogen and oxygen atoms in total. The van der Waals surface area contributed by atoms with Crippen LogP contribution in [-0.4, -0.2) is 4.98 Å². The number of H-pyrrole nitrogens is 1. The molecular weight excluding hydrogens is 352 g/mol. The number of nitrogens with one attached hydrogen (secondary N) is 1. The molecule has 0 aliphatic heterocycles. The number of nitrogens with zero attached hydrogens (tertiary/aromatic N) is 1. The second kappa shape index (κ2) is 6.00. The molecule has 1 unspecified atom stereocenters. The second-order valence-electron chi connectivity index (χ2n) is 4.85. The van der Waals surface area contributed by atoms with Gasteiger partial charge < -0.3 is 4.98 Å². The third-order valence-electron chi connectivity index (χ3n) is 3.46. The smallest absolute Gasteiger partial charge is 0.137 e. The van der Waals surface area contributed by atoms with E-state index in [9.17, 15) is 4.91 Å². The maximum atomic E-state index is 11.3. The summed E-state index contributed by atoms with van der Waals surface area (Å²) < 4.78 is 0.945. The first-order valence-electron chi connectivity index (χ1n) is 6.52. The van der Waals surface area contributed by atoms with Crippen LogP contribution in [0.25, 0.3) is 10.9 Å². The average molecular weight is 364 g/mol. The lowest BCUT2D eigenvalue weighted by Crippen LogP contribution is -2.00. The Morgan fingerprint density at radius 2 is 1.95 bits per heavy atom. The number of fused-ring (bicyclic) bond motifs is 1. The molecule has 21 heavy (non-hydrogen) atoms. The fourth-order valence-corrected chi connectivity index (χ4v) is 3.10. The zero-order chi connectivity index (χ0) is 14.8. The minimum atomic E-state index is -0.522. The summed E-state index contributed by atoms with van der Waals surface area (Å²) in [5, 5.41) is 4.71. The highest BCUT2D eigenvalue weighted by Gasteiger charge is 2.20. The molecule has 3 rings (SSSR count). The Morgan fingerprint density at radius 3 is 2.67 bits per heavy atom. The molecule has 3 aromatic rings. The second-order valence-corrected chi connectivity index (χ2v) is 6.15. The molecule has 1 heterocycles. The van der Waals surface area contributed by atoms with Gasteiger partial charge in [0.15, 0.2) is 0 Å². The van der Waals surface area contributed by atoms with Crippen molar-refractivity contribution in [3.05, 3.63) is 74.2 Å². The Balaban J connectivity index is 2.01.